The summed E-state index contributed by atoms with van der Waals surface area (Å²) in [7, 11) is 0. The summed E-state index contributed by atoms with van der Waals surface area (Å²) in [5, 5.41) is 0. The van der Waals surface area contributed by atoms with Crippen molar-refractivity contribution >= 4 is 0 Å². The lowest BCUT2D eigenvalue weighted by Crippen LogP contribution is -1.89. The summed E-state index contributed by atoms with van der Waals surface area (Å²) in [6.45, 7) is 4.35. The summed E-state index contributed by atoms with van der Waals surface area (Å²) >= 11 is 0. The van der Waals surface area contributed by atoms with Crippen LogP contribution in [0.15, 0.2) is 48.8 Å². The molecule has 1 nitrogen and oxygen atoms in total. The lowest BCUT2D eigenvalue weighted by atomic mass is 10.2. The predicted molar refractivity (Wildman–Crippen MR) is 51.7 cm³/mol. The van der Waals surface area contributed by atoms with E-state index in [0.29, 0.717) is 6.61 Å². The van der Waals surface area contributed by atoms with Crippen molar-refractivity contribution in [2.24, 2.45) is 0 Å². The van der Waals surface area contributed by atoms with E-state index in [1.54, 1.807) is 6.26 Å². The molecule has 1 heteroatoms. The Balaban J connectivity index is 2.29. The van der Waals surface area contributed by atoms with Crippen LogP contribution in [0, 0.1) is 0 Å². The number of ether oxygens (including phenoxy) is 1. The second kappa shape index (κ2) is 5.42. The van der Waals surface area contributed by atoms with E-state index in [1.807, 2.05) is 12.2 Å². The van der Waals surface area contributed by atoms with Gasteiger partial charge in [0.2, 0.25) is 0 Å². The Morgan fingerprint density at radius 2 is 2.42 bits per heavy atom. The highest BCUT2D eigenvalue weighted by atomic mass is 16.5. The summed E-state index contributed by atoms with van der Waals surface area (Å²) < 4.78 is 5.02. The van der Waals surface area contributed by atoms with Gasteiger partial charge in [-0.15, -0.1) is 6.58 Å². The fourth-order valence-corrected chi connectivity index (χ4v) is 0.952. The molecule has 1 aliphatic rings. The van der Waals surface area contributed by atoms with E-state index in [-0.39, 0.29) is 0 Å². The molecule has 0 fully saturated rings. The first kappa shape index (κ1) is 8.85. The largest absolute Gasteiger partial charge is 0.497 e. The average Bonchev–Trinajstić information content (AvgIpc) is 2.14. The van der Waals surface area contributed by atoms with Gasteiger partial charge in [0.15, 0.2) is 0 Å². The van der Waals surface area contributed by atoms with Gasteiger partial charge in [0.25, 0.3) is 0 Å². The van der Waals surface area contributed by atoms with E-state index in [1.165, 1.54) is 5.57 Å². The van der Waals surface area contributed by atoms with Crippen molar-refractivity contribution < 1.29 is 4.74 Å². The van der Waals surface area contributed by atoms with Crippen LogP contribution in [0.4, 0.5) is 0 Å². The third-order valence-corrected chi connectivity index (χ3v) is 1.62. The van der Waals surface area contributed by atoms with Gasteiger partial charge in [-0.1, -0.05) is 18.2 Å². The molecule has 0 aromatic carbocycles. The smallest absolute Gasteiger partial charge is 0.106 e. The van der Waals surface area contributed by atoms with Crippen molar-refractivity contribution in [1.29, 1.82) is 0 Å². The first-order chi connectivity index (χ1) is 5.93. The molecule has 0 radical (unpaired) electrons. The van der Waals surface area contributed by atoms with Crippen LogP contribution < -0.4 is 0 Å². The van der Waals surface area contributed by atoms with Crippen molar-refractivity contribution in [2.75, 3.05) is 6.61 Å². The molecule has 0 aromatic heterocycles. The van der Waals surface area contributed by atoms with Gasteiger partial charge >= 0.3 is 0 Å². The molecule has 0 amide bonds. The fourth-order valence-electron chi connectivity index (χ4n) is 0.952. The number of allylic oxidation sites excluding steroid dienone is 5. The molecule has 0 saturated carbocycles. The van der Waals surface area contributed by atoms with E-state index in [0.717, 1.165) is 12.8 Å². The zero-order valence-corrected chi connectivity index (χ0v) is 7.20. The predicted octanol–water partition coefficient (Wildman–Crippen LogP) is 2.98. The lowest BCUT2D eigenvalue weighted by molar-refractivity contribution is 0.285. The molecule has 0 aliphatic carbocycles. The van der Waals surface area contributed by atoms with Crippen LogP contribution in [-0.4, -0.2) is 6.61 Å². The molecule has 1 aliphatic heterocycles. The maximum atomic E-state index is 5.02. The van der Waals surface area contributed by atoms with Gasteiger partial charge in [0.05, 0.1) is 6.26 Å². The molecule has 0 spiro atoms. The van der Waals surface area contributed by atoms with Crippen LogP contribution in [0.25, 0.3) is 0 Å². The fraction of sp³-hybridized carbons (Fsp3) is 0.273. The lowest BCUT2D eigenvalue weighted by Gasteiger charge is -2.02. The van der Waals surface area contributed by atoms with E-state index >= 15 is 0 Å². The molecular weight excluding hydrogens is 148 g/mol. The molecule has 1 heterocycles. The zero-order chi connectivity index (χ0) is 8.65. The van der Waals surface area contributed by atoms with Gasteiger partial charge in [-0.05, 0) is 30.6 Å². The first-order valence-corrected chi connectivity index (χ1v) is 4.19. The first-order valence-electron chi connectivity index (χ1n) is 4.19. The molecular formula is C11H14O. The molecule has 0 atom stereocenters. The van der Waals surface area contributed by atoms with E-state index in [9.17, 15) is 0 Å². The third kappa shape index (κ3) is 3.24. The Morgan fingerprint density at radius 1 is 1.50 bits per heavy atom. The Hall–Kier alpha value is -1.24. The molecule has 0 aromatic rings. The minimum Gasteiger partial charge on any atom is -0.497 e. The quantitative estimate of drug-likeness (QED) is 0.456. The minimum absolute atomic E-state index is 0.692. The normalized spacial score (nSPS) is 15.8. The molecule has 0 saturated heterocycles. The number of hydrogen-bond donors (Lipinski definition) is 0. The zero-order valence-electron chi connectivity index (χ0n) is 7.20. The number of rotatable bonds is 4. The van der Waals surface area contributed by atoms with Gasteiger partial charge in [0, 0.05) is 0 Å². The van der Waals surface area contributed by atoms with Crippen LogP contribution >= 0.6 is 0 Å². The summed E-state index contributed by atoms with van der Waals surface area (Å²) in [6.07, 6.45) is 14.1. The molecule has 0 unspecified atom stereocenters. The molecule has 64 valence electrons. The van der Waals surface area contributed by atoms with E-state index < -0.39 is 0 Å². The highest BCUT2D eigenvalue weighted by molar-refractivity contribution is 5.31. The third-order valence-electron chi connectivity index (χ3n) is 1.62. The average molecular weight is 162 g/mol. The van der Waals surface area contributed by atoms with Crippen LogP contribution in [0.3, 0.4) is 0 Å². The number of unbranched alkanes of at least 4 members (excludes halogenated alkanes) is 1. The number of hydrogen-bond acceptors (Lipinski definition) is 1. The van der Waals surface area contributed by atoms with Crippen molar-refractivity contribution in [3.8, 4) is 0 Å². The van der Waals surface area contributed by atoms with Gasteiger partial charge in [-0.25, -0.2) is 0 Å². The van der Waals surface area contributed by atoms with Gasteiger partial charge in [-0.2, -0.15) is 0 Å². The van der Waals surface area contributed by atoms with Crippen LogP contribution in [0.1, 0.15) is 12.8 Å². The summed E-state index contributed by atoms with van der Waals surface area (Å²) in [5.41, 5.74) is 1.23. The van der Waals surface area contributed by atoms with Crippen LogP contribution in [0.5, 0.6) is 0 Å². The Kier molecular flexibility index (Phi) is 4.00. The monoisotopic (exact) mass is 162 g/mol. The second-order valence-corrected chi connectivity index (χ2v) is 2.61. The van der Waals surface area contributed by atoms with Crippen molar-refractivity contribution in [3.63, 3.8) is 0 Å². The highest BCUT2D eigenvalue weighted by Gasteiger charge is 1.90. The van der Waals surface area contributed by atoms with Gasteiger partial charge < -0.3 is 4.74 Å². The van der Waals surface area contributed by atoms with Crippen molar-refractivity contribution in [3.05, 3.63) is 48.8 Å². The molecule has 0 N–H and O–H groups in total. The SMILES string of the molecule is C=CCC/C=C/C1=CCOC=C1. The van der Waals surface area contributed by atoms with Gasteiger partial charge in [-0.3, -0.25) is 0 Å². The van der Waals surface area contributed by atoms with Gasteiger partial charge in [0.1, 0.15) is 6.61 Å². The minimum atomic E-state index is 0.692. The standard InChI is InChI=1S/C11H14O/c1-2-3-4-5-6-11-7-9-12-10-8-11/h2,5-9H,1,3-4,10H2/b6-5+. The summed E-state index contributed by atoms with van der Waals surface area (Å²) in [4.78, 5) is 0. The van der Waals surface area contributed by atoms with Crippen LogP contribution in [0.2, 0.25) is 0 Å². The Labute approximate surface area is 73.7 Å². The molecule has 12 heavy (non-hydrogen) atoms. The maximum Gasteiger partial charge on any atom is 0.106 e. The van der Waals surface area contributed by atoms with Crippen molar-refractivity contribution in [1.82, 2.24) is 0 Å². The highest BCUT2D eigenvalue weighted by Crippen LogP contribution is 2.05. The molecule has 1 rings (SSSR count). The summed E-state index contributed by atoms with van der Waals surface area (Å²) in [6, 6.07) is 0. The van der Waals surface area contributed by atoms with Crippen molar-refractivity contribution in [2.45, 2.75) is 12.8 Å². The maximum absolute atomic E-state index is 5.02. The second-order valence-electron chi connectivity index (χ2n) is 2.61. The van der Waals surface area contributed by atoms with E-state index in [2.05, 4.69) is 24.8 Å². The Morgan fingerprint density at radius 3 is 3.08 bits per heavy atom. The van der Waals surface area contributed by atoms with Crippen LogP contribution in [-0.2, 0) is 4.74 Å². The van der Waals surface area contributed by atoms with E-state index in [4.69, 9.17) is 4.74 Å². The molecule has 0 bridgehead atoms. The summed E-state index contributed by atoms with van der Waals surface area (Å²) in [5.74, 6) is 0. The Bertz CT molecular complexity index is 221. The topological polar surface area (TPSA) is 9.23 Å².